The predicted octanol–water partition coefficient (Wildman–Crippen LogP) is 0.553. The Morgan fingerprint density at radius 3 is 2.61 bits per heavy atom. The topological polar surface area (TPSA) is 71.0 Å². The van der Waals surface area contributed by atoms with Crippen molar-refractivity contribution in [1.29, 1.82) is 0 Å². The van der Waals surface area contributed by atoms with Gasteiger partial charge in [-0.15, -0.1) is 0 Å². The molecule has 1 aliphatic rings. The Labute approximate surface area is 131 Å². The van der Waals surface area contributed by atoms with Gasteiger partial charge in [0.1, 0.15) is 11.9 Å². The van der Waals surface area contributed by atoms with Crippen molar-refractivity contribution in [3.05, 3.63) is 62.6 Å². The van der Waals surface area contributed by atoms with Gasteiger partial charge in [0.05, 0.1) is 6.61 Å². The van der Waals surface area contributed by atoms with E-state index in [4.69, 9.17) is 4.74 Å². The van der Waals surface area contributed by atoms with Gasteiger partial charge >= 0.3 is 5.69 Å². The summed E-state index contributed by atoms with van der Waals surface area (Å²) in [5, 5.41) is 0. The fraction of sp³-hybridized carbons (Fsp3) is 0.312. The zero-order valence-corrected chi connectivity index (χ0v) is 12.9. The highest BCUT2D eigenvalue weighted by Crippen LogP contribution is 2.30. The number of imidazole rings is 1. The SMILES string of the molecule is Cn1c(=O)c2c(nc3n2CCO[C@H]3c2ccccc2)n(C)c1=O. The second-order valence-electron chi connectivity index (χ2n) is 5.66. The molecule has 118 valence electrons. The minimum Gasteiger partial charge on any atom is -0.364 e. The monoisotopic (exact) mass is 312 g/mol. The molecule has 1 atom stereocenters. The van der Waals surface area contributed by atoms with Crippen molar-refractivity contribution in [3.8, 4) is 0 Å². The molecule has 23 heavy (non-hydrogen) atoms. The first kappa shape index (κ1) is 14.0. The van der Waals surface area contributed by atoms with Crippen molar-refractivity contribution < 1.29 is 4.74 Å². The first-order chi connectivity index (χ1) is 11.1. The van der Waals surface area contributed by atoms with Gasteiger partial charge in [0.25, 0.3) is 5.56 Å². The third-order valence-electron chi connectivity index (χ3n) is 4.31. The van der Waals surface area contributed by atoms with Gasteiger partial charge in [-0.2, -0.15) is 0 Å². The highest BCUT2D eigenvalue weighted by atomic mass is 16.5. The highest BCUT2D eigenvalue weighted by molar-refractivity contribution is 5.71. The third-order valence-corrected chi connectivity index (χ3v) is 4.31. The molecule has 7 nitrogen and oxygen atoms in total. The Morgan fingerprint density at radius 2 is 1.87 bits per heavy atom. The molecule has 1 aliphatic heterocycles. The first-order valence-electron chi connectivity index (χ1n) is 7.42. The van der Waals surface area contributed by atoms with Gasteiger partial charge in [-0.1, -0.05) is 30.3 Å². The molecule has 0 fully saturated rings. The minimum absolute atomic E-state index is 0.324. The summed E-state index contributed by atoms with van der Waals surface area (Å²) in [4.78, 5) is 29.2. The molecule has 0 spiro atoms. The lowest BCUT2D eigenvalue weighted by Crippen LogP contribution is -2.37. The van der Waals surface area contributed by atoms with Crippen LogP contribution < -0.4 is 11.2 Å². The molecule has 7 heteroatoms. The number of ether oxygens (including phenoxy) is 1. The van der Waals surface area contributed by atoms with E-state index in [1.54, 1.807) is 7.05 Å². The molecule has 0 bridgehead atoms. The van der Waals surface area contributed by atoms with E-state index >= 15 is 0 Å². The van der Waals surface area contributed by atoms with E-state index in [0.29, 0.717) is 30.1 Å². The summed E-state index contributed by atoms with van der Waals surface area (Å²) in [7, 11) is 3.11. The number of hydrogen-bond donors (Lipinski definition) is 0. The highest BCUT2D eigenvalue weighted by Gasteiger charge is 2.29. The summed E-state index contributed by atoms with van der Waals surface area (Å²) < 4.78 is 10.3. The zero-order chi connectivity index (χ0) is 16.1. The summed E-state index contributed by atoms with van der Waals surface area (Å²) in [5.41, 5.74) is 1.13. The molecule has 0 saturated heterocycles. The van der Waals surface area contributed by atoms with Crippen molar-refractivity contribution in [2.45, 2.75) is 12.6 Å². The summed E-state index contributed by atoms with van der Waals surface area (Å²) in [6.45, 7) is 1.03. The predicted molar refractivity (Wildman–Crippen MR) is 84.5 cm³/mol. The second kappa shape index (κ2) is 4.92. The Kier molecular flexibility index (Phi) is 2.99. The molecule has 2 aromatic heterocycles. The van der Waals surface area contributed by atoms with E-state index in [1.807, 2.05) is 34.9 Å². The van der Waals surface area contributed by atoms with Gasteiger partial charge in [0.2, 0.25) is 0 Å². The zero-order valence-electron chi connectivity index (χ0n) is 12.9. The van der Waals surface area contributed by atoms with E-state index in [0.717, 1.165) is 10.1 Å². The molecule has 0 N–H and O–H groups in total. The van der Waals surface area contributed by atoms with Crippen LogP contribution in [0, 0.1) is 0 Å². The molecular formula is C16H16N4O3. The number of aryl methyl sites for hydroxylation is 1. The van der Waals surface area contributed by atoms with E-state index < -0.39 is 0 Å². The van der Waals surface area contributed by atoms with Crippen LogP contribution in [0.4, 0.5) is 0 Å². The van der Waals surface area contributed by atoms with Gasteiger partial charge in [-0.3, -0.25) is 13.9 Å². The lowest BCUT2D eigenvalue weighted by molar-refractivity contribution is 0.0442. The van der Waals surface area contributed by atoms with Crippen LogP contribution in [0.2, 0.25) is 0 Å². The number of nitrogens with zero attached hydrogens (tertiary/aromatic N) is 4. The van der Waals surface area contributed by atoms with Gasteiger partial charge < -0.3 is 9.30 Å². The van der Waals surface area contributed by atoms with Crippen LogP contribution in [-0.4, -0.2) is 25.3 Å². The normalized spacial score (nSPS) is 17.4. The Morgan fingerprint density at radius 1 is 1.13 bits per heavy atom. The molecule has 4 rings (SSSR count). The molecule has 0 amide bonds. The number of aromatic nitrogens is 4. The summed E-state index contributed by atoms with van der Waals surface area (Å²) >= 11 is 0. The molecule has 3 heterocycles. The van der Waals surface area contributed by atoms with Gasteiger partial charge in [-0.05, 0) is 5.56 Å². The van der Waals surface area contributed by atoms with Crippen LogP contribution in [0.15, 0.2) is 39.9 Å². The van der Waals surface area contributed by atoms with Gasteiger partial charge in [-0.25, -0.2) is 9.78 Å². The molecule has 0 unspecified atom stereocenters. The van der Waals surface area contributed by atoms with Crippen LogP contribution in [0.3, 0.4) is 0 Å². The molecule has 0 radical (unpaired) electrons. The molecule has 3 aromatic rings. The van der Waals surface area contributed by atoms with Gasteiger partial charge in [0, 0.05) is 20.6 Å². The summed E-state index contributed by atoms with van der Waals surface area (Å²) in [6.07, 6.45) is -0.336. The lowest BCUT2D eigenvalue weighted by atomic mass is 10.1. The largest absolute Gasteiger partial charge is 0.364 e. The van der Waals surface area contributed by atoms with Crippen LogP contribution in [0.25, 0.3) is 11.2 Å². The van der Waals surface area contributed by atoms with Crippen LogP contribution in [0.5, 0.6) is 0 Å². The number of fused-ring (bicyclic) bond motifs is 3. The lowest BCUT2D eigenvalue weighted by Gasteiger charge is -2.24. The maximum Gasteiger partial charge on any atom is 0.332 e. The Balaban J connectivity index is 2.05. The third kappa shape index (κ3) is 1.90. The fourth-order valence-corrected chi connectivity index (χ4v) is 3.10. The Bertz CT molecular complexity index is 1010. The van der Waals surface area contributed by atoms with Crippen molar-refractivity contribution in [1.82, 2.24) is 18.7 Å². The Hall–Kier alpha value is -2.67. The second-order valence-corrected chi connectivity index (χ2v) is 5.66. The van der Waals surface area contributed by atoms with E-state index in [1.165, 1.54) is 11.6 Å². The average molecular weight is 312 g/mol. The number of hydrogen-bond acceptors (Lipinski definition) is 4. The van der Waals surface area contributed by atoms with Crippen molar-refractivity contribution >= 4 is 11.2 Å². The number of rotatable bonds is 1. The molecule has 0 saturated carbocycles. The summed E-state index contributed by atoms with van der Waals surface area (Å²) in [5.74, 6) is 0.663. The molecular weight excluding hydrogens is 296 g/mol. The maximum absolute atomic E-state index is 12.5. The average Bonchev–Trinajstić information content (AvgIpc) is 2.98. The number of benzene rings is 1. The quantitative estimate of drug-likeness (QED) is 0.658. The molecule has 1 aromatic carbocycles. The smallest absolute Gasteiger partial charge is 0.332 e. The van der Waals surface area contributed by atoms with E-state index in [-0.39, 0.29) is 17.4 Å². The van der Waals surface area contributed by atoms with Gasteiger partial charge in [0.15, 0.2) is 11.2 Å². The van der Waals surface area contributed by atoms with E-state index in [9.17, 15) is 9.59 Å². The molecule has 0 aliphatic carbocycles. The van der Waals surface area contributed by atoms with Crippen molar-refractivity contribution in [2.75, 3.05) is 6.61 Å². The summed E-state index contributed by atoms with van der Waals surface area (Å²) in [6, 6.07) is 9.76. The van der Waals surface area contributed by atoms with Crippen molar-refractivity contribution in [2.24, 2.45) is 14.1 Å². The maximum atomic E-state index is 12.5. The standard InChI is InChI=1S/C16H16N4O3/c1-18-13-11(15(21)19(2)16(18)22)20-8-9-23-12(14(20)17-13)10-6-4-3-5-7-10/h3-7,12H,8-9H2,1-2H3/t12-/m0/s1. The van der Waals surface area contributed by atoms with Crippen LogP contribution >= 0.6 is 0 Å². The van der Waals surface area contributed by atoms with Crippen LogP contribution in [0.1, 0.15) is 17.5 Å². The first-order valence-corrected chi connectivity index (χ1v) is 7.42. The van der Waals surface area contributed by atoms with E-state index in [2.05, 4.69) is 4.98 Å². The van der Waals surface area contributed by atoms with Crippen molar-refractivity contribution in [3.63, 3.8) is 0 Å². The van der Waals surface area contributed by atoms with Crippen LogP contribution in [-0.2, 0) is 25.4 Å². The minimum atomic E-state index is -0.380. The fourth-order valence-electron chi connectivity index (χ4n) is 3.10.